The van der Waals surface area contributed by atoms with Gasteiger partial charge in [-0.3, -0.25) is 0 Å². The monoisotopic (exact) mass is 298 g/mol. The lowest BCUT2D eigenvalue weighted by Gasteiger charge is -2.21. The highest BCUT2D eigenvalue weighted by Gasteiger charge is 2.14. The van der Waals surface area contributed by atoms with Gasteiger partial charge in [0.2, 0.25) is 0 Å². The fraction of sp³-hybridized carbons (Fsp3) is 0.462. The summed E-state index contributed by atoms with van der Waals surface area (Å²) in [5.74, 6) is 0.220. The Morgan fingerprint density at radius 3 is 2.65 bits per heavy atom. The van der Waals surface area contributed by atoms with E-state index < -0.39 is 0 Å². The van der Waals surface area contributed by atoms with Crippen molar-refractivity contribution in [3.63, 3.8) is 0 Å². The number of nitrogens with zero attached hydrogens (tertiary/aromatic N) is 2. The van der Waals surface area contributed by atoms with Gasteiger partial charge in [0.05, 0.1) is 15.7 Å². The zero-order valence-electron chi connectivity index (χ0n) is 10.3. The van der Waals surface area contributed by atoms with Gasteiger partial charge in [0.1, 0.15) is 6.07 Å². The van der Waals surface area contributed by atoms with Crippen LogP contribution in [0, 0.1) is 23.1 Å². The number of halogens is 2. The molecule has 0 N–H and O–H groups in total. The van der Waals surface area contributed by atoms with E-state index in [1.54, 1.807) is 12.1 Å². The Morgan fingerprint density at radius 1 is 1.47 bits per heavy atom. The highest BCUT2D eigenvalue weighted by atomic mass is 79.9. The summed E-state index contributed by atoms with van der Waals surface area (Å²) in [7, 11) is 1.86. The number of anilines is 1. The molecule has 1 aromatic carbocycles. The van der Waals surface area contributed by atoms with E-state index in [1.165, 1.54) is 0 Å². The summed E-state index contributed by atoms with van der Waals surface area (Å²) >= 11 is 3.12. The molecular weight excluding hydrogens is 283 g/mol. The van der Waals surface area contributed by atoms with Gasteiger partial charge in [-0.1, -0.05) is 13.8 Å². The zero-order valence-corrected chi connectivity index (χ0v) is 11.9. The Morgan fingerprint density at radius 2 is 2.12 bits per heavy atom. The van der Waals surface area contributed by atoms with Gasteiger partial charge in [-0.15, -0.1) is 0 Å². The normalized spacial score (nSPS) is 10.4. The minimum absolute atomic E-state index is 0.244. The standard InChI is InChI=1S/C13H16BrFN2/c1-9(2)6-7-17(3)11-5-4-10(8-16)12(14)13(11)15/h4-5,9H,6-7H2,1-3H3. The first-order chi connectivity index (χ1) is 7.97. The average Bonchev–Trinajstić information content (AvgIpc) is 2.29. The van der Waals surface area contributed by atoms with Crippen LogP contribution in [0.4, 0.5) is 10.1 Å². The molecule has 17 heavy (non-hydrogen) atoms. The number of hydrogen-bond donors (Lipinski definition) is 0. The van der Waals surface area contributed by atoms with Crippen LogP contribution < -0.4 is 4.90 Å². The number of rotatable bonds is 4. The molecule has 0 amide bonds. The first-order valence-electron chi connectivity index (χ1n) is 5.56. The van der Waals surface area contributed by atoms with Gasteiger partial charge in [-0.2, -0.15) is 5.26 Å². The maximum absolute atomic E-state index is 14.0. The summed E-state index contributed by atoms with van der Waals surface area (Å²) < 4.78 is 14.2. The highest BCUT2D eigenvalue weighted by molar-refractivity contribution is 9.10. The zero-order chi connectivity index (χ0) is 13.0. The molecule has 0 atom stereocenters. The fourth-order valence-electron chi connectivity index (χ4n) is 1.49. The lowest BCUT2D eigenvalue weighted by Crippen LogP contribution is -2.21. The summed E-state index contributed by atoms with van der Waals surface area (Å²) in [6, 6.07) is 5.23. The molecule has 0 bridgehead atoms. The molecule has 0 aliphatic heterocycles. The molecule has 0 spiro atoms. The van der Waals surface area contributed by atoms with E-state index in [2.05, 4.69) is 29.8 Å². The van der Waals surface area contributed by atoms with Crippen molar-refractivity contribution in [3.05, 3.63) is 28.0 Å². The van der Waals surface area contributed by atoms with Gasteiger partial charge in [0, 0.05) is 13.6 Å². The lowest BCUT2D eigenvalue weighted by atomic mass is 10.1. The van der Waals surface area contributed by atoms with Crippen LogP contribution in [0.2, 0.25) is 0 Å². The van der Waals surface area contributed by atoms with E-state index in [9.17, 15) is 4.39 Å². The summed E-state index contributed by atoms with van der Waals surface area (Å²) in [4.78, 5) is 1.88. The van der Waals surface area contributed by atoms with Crippen LogP contribution in [0.15, 0.2) is 16.6 Å². The second-order valence-corrected chi connectivity index (χ2v) is 5.27. The van der Waals surface area contributed by atoms with Crippen molar-refractivity contribution in [2.45, 2.75) is 20.3 Å². The van der Waals surface area contributed by atoms with E-state index in [-0.39, 0.29) is 10.3 Å². The van der Waals surface area contributed by atoms with Crippen molar-refractivity contribution < 1.29 is 4.39 Å². The summed E-state index contributed by atoms with van der Waals surface area (Å²) in [6.45, 7) is 5.07. The highest BCUT2D eigenvalue weighted by Crippen LogP contribution is 2.28. The van der Waals surface area contributed by atoms with E-state index in [4.69, 9.17) is 5.26 Å². The molecule has 0 aromatic heterocycles. The molecule has 0 unspecified atom stereocenters. The van der Waals surface area contributed by atoms with E-state index in [0.717, 1.165) is 13.0 Å². The predicted octanol–water partition coefficient (Wildman–Crippen LogP) is 3.94. The van der Waals surface area contributed by atoms with Gasteiger partial charge < -0.3 is 4.90 Å². The van der Waals surface area contributed by atoms with Gasteiger partial charge in [0.15, 0.2) is 5.82 Å². The second kappa shape index (κ2) is 6.02. The maximum atomic E-state index is 14.0. The summed E-state index contributed by atoms with van der Waals surface area (Å²) in [5.41, 5.74) is 0.847. The summed E-state index contributed by atoms with van der Waals surface area (Å²) in [6.07, 6.45) is 1.01. The molecule has 0 saturated carbocycles. The minimum atomic E-state index is -0.365. The Labute approximate surface area is 110 Å². The van der Waals surface area contributed by atoms with Gasteiger partial charge in [-0.05, 0) is 40.4 Å². The number of nitriles is 1. The van der Waals surface area contributed by atoms with Crippen LogP contribution in [-0.2, 0) is 0 Å². The molecule has 0 radical (unpaired) electrons. The Hall–Kier alpha value is -1.08. The first kappa shape index (κ1) is 14.0. The van der Waals surface area contributed by atoms with Crippen LogP contribution in [0.1, 0.15) is 25.8 Å². The molecule has 1 aromatic rings. The maximum Gasteiger partial charge on any atom is 0.161 e. The average molecular weight is 299 g/mol. The van der Waals surface area contributed by atoms with Crippen LogP contribution in [0.5, 0.6) is 0 Å². The van der Waals surface area contributed by atoms with E-state index in [0.29, 0.717) is 17.2 Å². The van der Waals surface area contributed by atoms with Crippen LogP contribution in [0.25, 0.3) is 0 Å². The lowest BCUT2D eigenvalue weighted by molar-refractivity contribution is 0.573. The molecular formula is C13H16BrFN2. The van der Waals surface area contributed by atoms with Crippen molar-refractivity contribution in [1.82, 2.24) is 0 Å². The Balaban J connectivity index is 2.92. The van der Waals surface area contributed by atoms with E-state index >= 15 is 0 Å². The third-order valence-corrected chi connectivity index (χ3v) is 3.41. The molecule has 0 aliphatic carbocycles. The molecule has 92 valence electrons. The van der Waals surface area contributed by atoms with E-state index in [1.807, 2.05) is 18.0 Å². The third kappa shape index (κ3) is 3.44. The van der Waals surface area contributed by atoms with Crippen molar-refractivity contribution in [3.8, 4) is 6.07 Å². The van der Waals surface area contributed by atoms with Gasteiger partial charge >= 0.3 is 0 Å². The molecule has 1 rings (SSSR count). The topological polar surface area (TPSA) is 27.0 Å². The quantitative estimate of drug-likeness (QED) is 0.842. The predicted molar refractivity (Wildman–Crippen MR) is 71.5 cm³/mol. The van der Waals surface area contributed by atoms with Crippen molar-refractivity contribution in [2.24, 2.45) is 5.92 Å². The van der Waals surface area contributed by atoms with Crippen molar-refractivity contribution in [1.29, 1.82) is 5.26 Å². The third-order valence-electron chi connectivity index (χ3n) is 2.64. The molecule has 2 nitrogen and oxygen atoms in total. The number of hydrogen-bond acceptors (Lipinski definition) is 2. The molecule has 0 heterocycles. The van der Waals surface area contributed by atoms with Crippen LogP contribution in [-0.4, -0.2) is 13.6 Å². The van der Waals surface area contributed by atoms with Gasteiger partial charge in [0.25, 0.3) is 0 Å². The minimum Gasteiger partial charge on any atom is -0.372 e. The van der Waals surface area contributed by atoms with Crippen LogP contribution in [0.3, 0.4) is 0 Å². The molecule has 0 aliphatic rings. The van der Waals surface area contributed by atoms with Crippen LogP contribution >= 0.6 is 15.9 Å². The van der Waals surface area contributed by atoms with Crippen molar-refractivity contribution >= 4 is 21.6 Å². The van der Waals surface area contributed by atoms with Crippen molar-refractivity contribution in [2.75, 3.05) is 18.5 Å². The summed E-state index contributed by atoms with van der Waals surface area (Å²) in [5, 5.41) is 8.79. The second-order valence-electron chi connectivity index (χ2n) is 4.48. The Bertz CT molecular complexity index is 438. The molecule has 4 heteroatoms. The Kier molecular flexibility index (Phi) is 4.95. The number of benzene rings is 1. The molecule has 0 fully saturated rings. The fourth-order valence-corrected chi connectivity index (χ4v) is 1.92. The largest absolute Gasteiger partial charge is 0.372 e. The smallest absolute Gasteiger partial charge is 0.161 e. The van der Waals surface area contributed by atoms with Gasteiger partial charge in [-0.25, -0.2) is 4.39 Å². The SMILES string of the molecule is CC(C)CCN(C)c1ccc(C#N)c(Br)c1F. The first-order valence-corrected chi connectivity index (χ1v) is 6.36. The molecule has 0 saturated heterocycles.